The van der Waals surface area contributed by atoms with E-state index in [0.717, 1.165) is 13.2 Å². The molecule has 1 saturated heterocycles. The molecule has 1 aliphatic rings. The normalized spacial score (nSPS) is 18.6. The minimum absolute atomic E-state index is 0.0909. The van der Waals surface area contributed by atoms with Gasteiger partial charge in [-0.3, -0.25) is 9.89 Å². The van der Waals surface area contributed by atoms with Gasteiger partial charge in [-0.25, -0.2) is 0 Å². The molecule has 14 heavy (non-hydrogen) atoms. The lowest BCUT2D eigenvalue weighted by molar-refractivity contribution is -0.0978. The summed E-state index contributed by atoms with van der Waals surface area (Å²) in [6.07, 6.45) is 3.09. The van der Waals surface area contributed by atoms with Crippen molar-refractivity contribution >= 4 is 5.91 Å². The van der Waals surface area contributed by atoms with E-state index in [1.54, 1.807) is 6.20 Å². The van der Waals surface area contributed by atoms with Crippen molar-refractivity contribution in [3.05, 3.63) is 18.0 Å². The summed E-state index contributed by atoms with van der Waals surface area (Å²) in [5, 5.41) is 9.16. The van der Waals surface area contributed by atoms with Crippen molar-refractivity contribution in [2.45, 2.75) is 6.92 Å². The van der Waals surface area contributed by atoms with Crippen molar-refractivity contribution in [3.8, 4) is 0 Å². The van der Waals surface area contributed by atoms with Crippen molar-refractivity contribution in [1.82, 2.24) is 15.5 Å². The second-order valence-corrected chi connectivity index (χ2v) is 3.97. The molecule has 2 rings (SSSR count). The number of amides is 1. The van der Waals surface area contributed by atoms with Crippen LogP contribution in [0, 0.1) is 5.41 Å². The summed E-state index contributed by atoms with van der Waals surface area (Å²) in [5.41, 5.74) is 0.674. The second-order valence-electron chi connectivity index (χ2n) is 3.97. The fourth-order valence-electron chi connectivity index (χ4n) is 1.32. The first-order valence-corrected chi connectivity index (χ1v) is 4.54. The van der Waals surface area contributed by atoms with E-state index < -0.39 is 0 Å². The highest BCUT2D eigenvalue weighted by Crippen LogP contribution is 2.25. The highest BCUT2D eigenvalue weighted by molar-refractivity contribution is 5.93. The van der Waals surface area contributed by atoms with Gasteiger partial charge in [0.05, 0.1) is 25.0 Å². The zero-order valence-electron chi connectivity index (χ0n) is 8.04. The average Bonchev–Trinajstić information content (AvgIpc) is 2.63. The molecule has 1 aromatic rings. The number of nitrogens with zero attached hydrogens (tertiary/aromatic N) is 1. The number of aromatic nitrogens is 2. The zero-order chi connectivity index (χ0) is 10.0. The molecule has 0 spiro atoms. The van der Waals surface area contributed by atoms with Crippen LogP contribution in [0.1, 0.15) is 17.3 Å². The van der Waals surface area contributed by atoms with Crippen molar-refractivity contribution < 1.29 is 9.53 Å². The van der Waals surface area contributed by atoms with Gasteiger partial charge in [0.2, 0.25) is 0 Å². The number of ether oxygens (including phenoxy) is 1. The molecule has 2 N–H and O–H groups in total. The molecule has 0 aliphatic carbocycles. The van der Waals surface area contributed by atoms with Crippen LogP contribution in [-0.2, 0) is 4.74 Å². The average molecular weight is 195 g/mol. The monoisotopic (exact) mass is 195 g/mol. The third-order valence-electron chi connectivity index (χ3n) is 2.34. The highest BCUT2D eigenvalue weighted by atomic mass is 16.5. The van der Waals surface area contributed by atoms with Crippen molar-refractivity contribution in [2.24, 2.45) is 5.41 Å². The van der Waals surface area contributed by atoms with Crippen LogP contribution in [-0.4, -0.2) is 35.9 Å². The third-order valence-corrected chi connectivity index (χ3v) is 2.34. The van der Waals surface area contributed by atoms with Gasteiger partial charge in [-0.1, -0.05) is 6.92 Å². The Morgan fingerprint density at radius 2 is 2.57 bits per heavy atom. The summed E-state index contributed by atoms with van der Waals surface area (Å²) in [5.74, 6) is -0.0909. The number of H-pyrrole nitrogens is 1. The van der Waals surface area contributed by atoms with E-state index in [9.17, 15) is 4.79 Å². The molecule has 5 nitrogen and oxygen atoms in total. The minimum Gasteiger partial charge on any atom is -0.380 e. The third kappa shape index (κ3) is 1.77. The maximum absolute atomic E-state index is 11.5. The lowest BCUT2D eigenvalue weighted by atomic mass is 9.89. The molecule has 1 aliphatic heterocycles. The lowest BCUT2D eigenvalue weighted by Crippen LogP contribution is -2.48. The fraction of sp³-hybridized carbons (Fsp3) is 0.556. The van der Waals surface area contributed by atoms with E-state index in [-0.39, 0.29) is 11.3 Å². The van der Waals surface area contributed by atoms with Gasteiger partial charge in [0.25, 0.3) is 5.91 Å². The molecular formula is C9H13N3O2. The minimum atomic E-state index is -0.0909. The predicted molar refractivity (Wildman–Crippen MR) is 49.8 cm³/mol. The van der Waals surface area contributed by atoms with Gasteiger partial charge >= 0.3 is 0 Å². The number of aromatic amines is 1. The lowest BCUT2D eigenvalue weighted by Gasteiger charge is -2.37. The SMILES string of the molecule is CC1(CNC(=O)c2cn[nH]c2)COC1. The number of rotatable bonds is 3. The molecule has 76 valence electrons. The van der Waals surface area contributed by atoms with Crippen LogP contribution in [0.3, 0.4) is 0 Å². The van der Waals surface area contributed by atoms with Gasteiger partial charge in [-0.15, -0.1) is 0 Å². The number of carbonyl (C=O) groups is 1. The number of carbonyl (C=O) groups excluding carboxylic acids is 1. The van der Waals surface area contributed by atoms with E-state index in [2.05, 4.69) is 22.4 Å². The van der Waals surface area contributed by atoms with Gasteiger partial charge in [0.1, 0.15) is 0 Å². The maximum Gasteiger partial charge on any atom is 0.254 e. The maximum atomic E-state index is 11.5. The summed E-state index contributed by atoms with van der Waals surface area (Å²) in [7, 11) is 0. The molecule has 0 saturated carbocycles. The van der Waals surface area contributed by atoms with Gasteiger partial charge in [-0.05, 0) is 0 Å². The van der Waals surface area contributed by atoms with Crippen LogP contribution in [0.4, 0.5) is 0 Å². The van der Waals surface area contributed by atoms with Crippen LogP contribution < -0.4 is 5.32 Å². The molecule has 0 atom stereocenters. The molecule has 1 amide bonds. The van der Waals surface area contributed by atoms with E-state index in [4.69, 9.17) is 4.74 Å². The molecule has 0 radical (unpaired) electrons. The summed E-state index contributed by atoms with van der Waals surface area (Å²) in [4.78, 5) is 11.5. The Morgan fingerprint density at radius 3 is 3.07 bits per heavy atom. The Hall–Kier alpha value is -1.36. The number of nitrogens with one attached hydrogen (secondary N) is 2. The first-order chi connectivity index (χ1) is 6.70. The molecule has 0 unspecified atom stereocenters. The van der Waals surface area contributed by atoms with Gasteiger partial charge in [0.15, 0.2) is 0 Å². The van der Waals surface area contributed by atoms with Crippen molar-refractivity contribution in [1.29, 1.82) is 0 Å². The Balaban J connectivity index is 1.84. The summed E-state index contributed by atoms with van der Waals surface area (Å²) < 4.78 is 5.09. The number of hydrogen-bond acceptors (Lipinski definition) is 3. The first kappa shape index (κ1) is 9.21. The summed E-state index contributed by atoms with van der Waals surface area (Å²) in [6, 6.07) is 0. The van der Waals surface area contributed by atoms with Crippen LogP contribution in [0.25, 0.3) is 0 Å². The van der Waals surface area contributed by atoms with Gasteiger partial charge in [0, 0.05) is 18.2 Å². The standard InChI is InChI=1S/C9H13N3O2/c1-9(5-14-6-9)4-10-8(13)7-2-11-12-3-7/h2-3H,4-6H2,1H3,(H,10,13)(H,11,12). The van der Waals surface area contributed by atoms with E-state index in [1.807, 2.05) is 0 Å². The smallest absolute Gasteiger partial charge is 0.254 e. The molecule has 1 fully saturated rings. The quantitative estimate of drug-likeness (QED) is 0.722. The Labute approximate surface area is 81.8 Å². The predicted octanol–water partition coefficient (Wildman–Crippen LogP) is 0.176. The molecule has 1 aromatic heterocycles. The van der Waals surface area contributed by atoms with Crippen LogP contribution in [0.5, 0.6) is 0 Å². The van der Waals surface area contributed by atoms with E-state index in [0.29, 0.717) is 12.1 Å². The second kappa shape index (κ2) is 3.42. The summed E-state index contributed by atoms with van der Waals surface area (Å²) >= 11 is 0. The fourth-order valence-corrected chi connectivity index (χ4v) is 1.32. The van der Waals surface area contributed by atoms with Crippen LogP contribution in [0.15, 0.2) is 12.4 Å². The largest absolute Gasteiger partial charge is 0.380 e. The summed E-state index contributed by atoms with van der Waals surface area (Å²) in [6.45, 7) is 4.18. The van der Waals surface area contributed by atoms with Gasteiger partial charge in [-0.2, -0.15) is 5.10 Å². The molecule has 0 bridgehead atoms. The molecule has 0 aromatic carbocycles. The molecule has 5 heteroatoms. The van der Waals surface area contributed by atoms with Crippen molar-refractivity contribution in [2.75, 3.05) is 19.8 Å². The Morgan fingerprint density at radius 1 is 1.79 bits per heavy atom. The topological polar surface area (TPSA) is 67.0 Å². The zero-order valence-corrected chi connectivity index (χ0v) is 8.04. The van der Waals surface area contributed by atoms with Crippen LogP contribution >= 0.6 is 0 Å². The molecule has 2 heterocycles. The molecular weight excluding hydrogens is 182 g/mol. The van der Waals surface area contributed by atoms with Gasteiger partial charge < -0.3 is 10.1 Å². The Bertz CT molecular complexity index is 317. The Kier molecular flexibility index (Phi) is 2.25. The number of hydrogen-bond donors (Lipinski definition) is 2. The first-order valence-electron chi connectivity index (χ1n) is 4.54. The van der Waals surface area contributed by atoms with E-state index >= 15 is 0 Å². The van der Waals surface area contributed by atoms with E-state index in [1.165, 1.54) is 6.20 Å². The highest BCUT2D eigenvalue weighted by Gasteiger charge is 2.33. The van der Waals surface area contributed by atoms with Crippen molar-refractivity contribution in [3.63, 3.8) is 0 Å². The van der Waals surface area contributed by atoms with Crippen LogP contribution in [0.2, 0.25) is 0 Å².